The highest BCUT2D eigenvalue weighted by Crippen LogP contribution is 2.01. The molecule has 1 aliphatic heterocycles. The number of hydrogen-bond acceptors (Lipinski definition) is 3. The molecule has 5 heteroatoms. The number of amides is 1. The minimum absolute atomic E-state index is 0.0378. The number of rotatable bonds is 6. The summed E-state index contributed by atoms with van der Waals surface area (Å²) < 4.78 is 11.6. The monoisotopic (exact) mass is 327 g/mol. The molecule has 0 radical (unpaired) electrons. The van der Waals surface area contributed by atoms with Gasteiger partial charge in [0.05, 0.1) is 19.8 Å². The number of carbonyl (C=O) groups is 1. The van der Waals surface area contributed by atoms with Crippen LogP contribution in [0.4, 0.5) is 0 Å². The van der Waals surface area contributed by atoms with E-state index in [1.165, 1.54) is 17.3 Å². The zero-order valence-corrected chi connectivity index (χ0v) is 11.0. The van der Waals surface area contributed by atoms with Gasteiger partial charge in [0, 0.05) is 6.54 Å². The third-order valence-corrected chi connectivity index (χ3v) is 2.98. The Morgan fingerprint density at radius 3 is 2.87 bits per heavy atom. The molecule has 0 bridgehead atoms. The fraction of sp³-hybridized carbons (Fsp3) is 0.900. The van der Waals surface area contributed by atoms with Gasteiger partial charge >= 0.3 is 0 Å². The SMILES string of the molecule is O=C(NCCCCCI)C1COCCO1. The first-order valence-corrected chi connectivity index (χ1v) is 6.90. The molecule has 0 aromatic carbocycles. The molecule has 0 aromatic rings. The molecule has 0 spiro atoms. The first-order valence-electron chi connectivity index (χ1n) is 5.37. The van der Waals surface area contributed by atoms with Gasteiger partial charge in [0.25, 0.3) is 5.91 Å². The van der Waals surface area contributed by atoms with Gasteiger partial charge in [-0.1, -0.05) is 29.0 Å². The second-order valence-corrected chi connectivity index (χ2v) is 4.55. The van der Waals surface area contributed by atoms with E-state index in [1.807, 2.05) is 0 Å². The highest BCUT2D eigenvalue weighted by atomic mass is 127. The Morgan fingerprint density at radius 1 is 1.33 bits per heavy atom. The highest BCUT2D eigenvalue weighted by Gasteiger charge is 2.21. The van der Waals surface area contributed by atoms with Crippen molar-refractivity contribution in [3.05, 3.63) is 0 Å². The maximum Gasteiger partial charge on any atom is 0.251 e. The minimum Gasteiger partial charge on any atom is -0.376 e. The summed E-state index contributed by atoms with van der Waals surface area (Å²) in [5, 5.41) is 2.86. The Kier molecular flexibility index (Phi) is 7.29. The van der Waals surface area contributed by atoms with Crippen LogP contribution in [-0.4, -0.2) is 42.8 Å². The Balaban J connectivity index is 2.02. The van der Waals surface area contributed by atoms with E-state index in [1.54, 1.807) is 0 Å². The summed E-state index contributed by atoms with van der Waals surface area (Å²) in [4.78, 5) is 11.5. The largest absolute Gasteiger partial charge is 0.376 e. The van der Waals surface area contributed by atoms with Gasteiger partial charge in [0.1, 0.15) is 0 Å². The number of ether oxygens (including phenoxy) is 2. The summed E-state index contributed by atoms with van der Waals surface area (Å²) in [5.74, 6) is -0.0378. The van der Waals surface area contributed by atoms with Crippen molar-refractivity contribution >= 4 is 28.5 Å². The smallest absolute Gasteiger partial charge is 0.251 e. The van der Waals surface area contributed by atoms with Crippen LogP contribution in [0.5, 0.6) is 0 Å². The molecule has 1 heterocycles. The lowest BCUT2D eigenvalue weighted by molar-refractivity contribution is -0.147. The lowest BCUT2D eigenvalue weighted by Gasteiger charge is -2.21. The average molecular weight is 327 g/mol. The van der Waals surface area contributed by atoms with E-state index in [4.69, 9.17) is 9.47 Å². The van der Waals surface area contributed by atoms with Crippen molar-refractivity contribution in [1.29, 1.82) is 0 Å². The van der Waals surface area contributed by atoms with Crippen molar-refractivity contribution < 1.29 is 14.3 Å². The van der Waals surface area contributed by atoms with Gasteiger partial charge in [-0.25, -0.2) is 0 Å². The van der Waals surface area contributed by atoms with Crippen LogP contribution in [-0.2, 0) is 14.3 Å². The summed E-state index contributed by atoms with van der Waals surface area (Å²) in [6, 6.07) is 0. The van der Waals surface area contributed by atoms with Gasteiger partial charge in [-0.2, -0.15) is 0 Å². The van der Waals surface area contributed by atoms with Crippen LogP contribution in [0.2, 0.25) is 0 Å². The fourth-order valence-corrected chi connectivity index (χ4v) is 1.90. The van der Waals surface area contributed by atoms with Gasteiger partial charge in [-0.05, 0) is 17.3 Å². The van der Waals surface area contributed by atoms with Crippen molar-refractivity contribution in [3.63, 3.8) is 0 Å². The molecule has 1 atom stereocenters. The van der Waals surface area contributed by atoms with Crippen LogP contribution in [0, 0.1) is 0 Å². The minimum atomic E-state index is -0.400. The van der Waals surface area contributed by atoms with Gasteiger partial charge in [0.15, 0.2) is 6.10 Å². The zero-order chi connectivity index (χ0) is 10.9. The number of halogens is 1. The second-order valence-electron chi connectivity index (χ2n) is 3.48. The van der Waals surface area contributed by atoms with Gasteiger partial charge in [-0.15, -0.1) is 0 Å². The van der Waals surface area contributed by atoms with Crippen molar-refractivity contribution in [2.45, 2.75) is 25.4 Å². The number of unbranched alkanes of at least 4 members (excludes halogenated alkanes) is 2. The standard InChI is InChI=1S/C10H18INO3/c11-4-2-1-3-5-12-10(13)9-8-14-6-7-15-9/h9H,1-8H2,(H,12,13). The van der Waals surface area contributed by atoms with Gasteiger partial charge in [-0.3, -0.25) is 4.79 Å². The highest BCUT2D eigenvalue weighted by molar-refractivity contribution is 14.1. The molecule has 1 N–H and O–H groups in total. The predicted octanol–water partition coefficient (Wildman–Crippen LogP) is 1.12. The van der Waals surface area contributed by atoms with Crippen LogP contribution < -0.4 is 5.32 Å². The molecule has 1 aliphatic rings. The van der Waals surface area contributed by atoms with Crippen molar-refractivity contribution in [2.75, 3.05) is 30.8 Å². The summed E-state index contributed by atoms with van der Waals surface area (Å²) in [6.07, 6.45) is 3.04. The van der Waals surface area contributed by atoms with Crippen LogP contribution in [0.1, 0.15) is 19.3 Å². The molecule has 0 saturated carbocycles. The number of hydrogen-bond donors (Lipinski definition) is 1. The Morgan fingerprint density at radius 2 is 2.20 bits per heavy atom. The van der Waals surface area contributed by atoms with Crippen LogP contribution in [0.25, 0.3) is 0 Å². The van der Waals surface area contributed by atoms with Crippen molar-refractivity contribution in [3.8, 4) is 0 Å². The molecule has 1 unspecified atom stereocenters. The topological polar surface area (TPSA) is 47.6 Å². The van der Waals surface area contributed by atoms with Crippen LogP contribution >= 0.6 is 22.6 Å². The molecular formula is C10H18INO3. The second kappa shape index (κ2) is 8.29. The summed E-state index contributed by atoms with van der Waals surface area (Å²) >= 11 is 2.36. The van der Waals surface area contributed by atoms with E-state index in [0.717, 1.165) is 13.0 Å². The molecule has 1 fully saturated rings. The normalized spacial score (nSPS) is 21.3. The molecule has 1 amide bonds. The van der Waals surface area contributed by atoms with Gasteiger partial charge < -0.3 is 14.8 Å². The number of nitrogens with one attached hydrogen (secondary N) is 1. The van der Waals surface area contributed by atoms with E-state index in [-0.39, 0.29) is 5.91 Å². The van der Waals surface area contributed by atoms with E-state index in [9.17, 15) is 4.79 Å². The lowest BCUT2D eigenvalue weighted by Crippen LogP contribution is -2.43. The molecule has 0 aliphatic carbocycles. The number of carbonyl (C=O) groups excluding carboxylic acids is 1. The van der Waals surface area contributed by atoms with Gasteiger partial charge in [0.2, 0.25) is 0 Å². The molecule has 1 rings (SSSR count). The molecule has 0 aromatic heterocycles. The summed E-state index contributed by atoms with van der Waals surface area (Å²) in [5.41, 5.74) is 0. The first kappa shape index (κ1) is 13.2. The van der Waals surface area contributed by atoms with Crippen molar-refractivity contribution in [2.24, 2.45) is 0 Å². The summed E-state index contributed by atoms with van der Waals surface area (Å²) in [6.45, 7) is 2.25. The maximum absolute atomic E-state index is 11.5. The molecule has 15 heavy (non-hydrogen) atoms. The quantitative estimate of drug-likeness (QED) is 0.452. The molecular weight excluding hydrogens is 309 g/mol. The Hall–Kier alpha value is 0.120. The van der Waals surface area contributed by atoms with Crippen molar-refractivity contribution in [1.82, 2.24) is 5.32 Å². The van der Waals surface area contributed by atoms with E-state index < -0.39 is 6.10 Å². The van der Waals surface area contributed by atoms with E-state index >= 15 is 0 Å². The maximum atomic E-state index is 11.5. The van der Waals surface area contributed by atoms with Crippen LogP contribution in [0.3, 0.4) is 0 Å². The van der Waals surface area contributed by atoms with E-state index in [2.05, 4.69) is 27.9 Å². The van der Waals surface area contributed by atoms with E-state index in [0.29, 0.717) is 19.8 Å². The summed E-state index contributed by atoms with van der Waals surface area (Å²) in [7, 11) is 0. The Labute approximate surface area is 104 Å². The Bertz CT molecular complexity index is 184. The molecule has 1 saturated heterocycles. The first-order chi connectivity index (χ1) is 7.34. The third-order valence-electron chi connectivity index (χ3n) is 2.22. The average Bonchev–Trinajstić information content (AvgIpc) is 2.30. The molecule has 4 nitrogen and oxygen atoms in total. The van der Waals surface area contributed by atoms with Crippen LogP contribution in [0.15, 0.2) is 0 Å². The third kappa shape index (κ3) is 5.67. The molecule has 88 valence electrons. The fourth-order valence-electron chi connectivity index (χ4n) is 1.36. The predicted molar refractivity (Wildman–Crippen MR) is 66.3 cm³/mol. The number of alkyl halides is 1. The zero-order valence-electron chi connectivity index (χ0n) is 8.84. The lowest BCUT2D eigenvalue weighted by atomic mass is 10.2.